The van der Waals surface area contributed by atoms with Crippen LogP contribution in [0.3, 0.4) is 0 Å². The Morgan fingerprint density at radius 3 is 2.67 bits per heavy atom. The topological polar surface area (TPSA) is 107 Å². The van der Waals surface area contributed by atoms with Gasteiger partial charge in [-0.15, -0.1) is 6.58 Å². The van der Waals surface area contributed by atoms with Gasteiger partial charge in [0.05, 0.1) is 30.6 Å². The number of aliphatic hydroxyl groups excluding tert-OH is 1. The third-order valence-electron chi connectivity index (χ3n) is 7.94. The van der Waals surface area contributed by atoms with Crippen LogP contribution in [0, 0.1) is 11.8 Å². The standard InChI is InChI=1S/C27H29BrN2O6/c1-3-11-29(18-10-9-15-7-5-6-8-16(15)12-18)25(33)23-27-13-19(28)22(36-27)20(26(34)35)21(27)24(32)30(23)17(4-2)14-31/h3,5-10,12,17,19-23,31H,1,4,11,13-14H2,2H3,(H,34,35)/t17-,19?,20+,21-,22+,23?,27?/m0/s1. The predicted molar refractivity (Wildman–Crippen MR) is 138 cm³/mol. The van der Waals surface area contributed by atoms with Crippen molar-refractivity contribution in [3.8, 4) is 0 Å². The highest BCUT2D eigenvalue weighted by molar-refractivity contribution is 9.09. The molecule has 7 atom stereocenters. The van der Waals surface area contributed by atoms with E-state index in [1.807, 2.05) is 49.4 Å². The summed E-state index contributed by atoms with van der Waals surface area (Å²) in [4.78, 5) is 43.2. The summed E-state index contributed by atoms with van der Waals surface area (Å²) in [7, 11) is 0. The predicted octanol–water partition coefficient (Wildman–Crippen LogP) is 2.96. The van der Waals surface area contributed by atoms with Crippen molar-refractivity contribution >= 4 is 50.2 Å². The lowest BCUT2D eigenvalue weighted by Gasteiger charge is -2.39. The first-order chi connectivity index (χ1) is 17.3. The molecule has 3 unspecified atom stereocenters. The van der Waals surface area contributed by atoms with E-state index < -0.39 is 47.5 Å². The molecule has 1 spiro atoms. The molecule has 0 saturated carbocycles. The highest BCUT2D eigenvalue weighted by Gasteiger charge is 2.77. The van der Waals surface area contributed by atoms with Crippen LogP contribution < -0.4 is 4.90 Å². The Hall–Kier alpha value is -2.75. The molecule has 3 heterocycles. The first kappa shape index (κ1) is 24.9. The van der Waals surface area contributed by atoms with E-state index in [1.54, 1.807) is 11.0 Å². The smallest absolute Gasteiger partial charge is 0.310 e. The van der Waals surface area contributed by atoms with Gasteiger partial charge in [0.1, 0.15) is 11.6 Å². The molecule has 3 fully saturated rings. The third kappa shape index (κ3) is 3.51. The second kappa shape index (κ2) is 9.28. The lowest BCUT2D eigenvalue weighted by atomic mass is 9.70. The van der Waals surface area contributed by atoms with Crippen molar-refractivity contribution in [2.24, 2.45) is 11.8 Å². The molecule has 36 heavy (non-hydrogen) atoms. The maximum atomic E-state index is 14.4. The van der Waals surface area contributed by atoms with Gasteiger partial charge in [0.15, 0.2) is 0 Å². The number of fused-ring (bicyclic) bond motifs is 2. The molecule has 2 amide bonds. The van der Waals surface area contributed by atoms with Crippen molar-refractivity contribution in [3.63, 3.8) is 0 Å². The molecule has 3 saturated heterocycles. The van der Waals surface area contributed by atoms with Gasteiger partial charge < -0.3 is 24.7 Å². The highest BCUT2D eigenvalue weighted by Crippen LogP contribution is 2.60. The van der Waals surface area contributed by atoms with E-state index in [0.29, 0.717) is 18.5 Å². The van der Waals surface area contributed by atoms with Gasteiger partial charge in [0.25, 0.3) is 5.91 Å². The lowest BCUT2D eigenvalue weighted by Crippen LogP contribution is -2.59. The van der Waals surface area contributed by atoms with E-state index in [-0.39, 0.29) is 23.9 Å². The Morgan fingerprint density at radius 1 is 1.31 bits per heavy atom. The Kier molecular flexibility index (Phi) is 6.43. The minimum atomic E-state index is -1.30. The Balaban J connectivity index is 1.63. The molecule has 0 aliphatic carbocycles. The molecule has 0 aromatic heterocycles. The number of rotatable bonds is 8. The number of carbonyl (C=O) groups is 3. The summed E-state index contributed by atoms with van der Waals surface area (Å²) in [6.07, 6.45) is 1.64. The second-order valence-electron chi connectivity index (χ2n) is 9.76. The van der Waals surface area contributed by atoms with Crippen LogP contribution in [0.25, 0.3) is 10.8 Å². The first-order valence-corrected chi connectivity index (χ1v) is 13.1. The van der Waals surface area contributed by atoms with Crippen LogP contribution in [0.5, 0.6) is 0 Å². The van der Waals surface area contributed by atoms with E-state index in [9.17, 15) is 24.6 Å². The number of halogens is 1. The summed E-state index contributed by atoms with van der Waals surface area (Å²) < 4.78 is 6.33. The van der Waals surface area contributed by atoms with Crippen LogP contribution in [-0.4, -0.2) is 74.7 Å². The molecule has 3 aliphatic heterocycles. The number of benzene rings is 2. The fraction of sp³-hybridized carbons (Fsp3) is 0.444. The monoisotopic (exact) mass is 556 g/mol. The summed E-state index contributed by atoms with van der Waals surface area (Å²) >= 11 is 3.55. The van der Waals surface area contributed by atoms with Gasteiger partial charge in [0.2, 0.25) is 5.91 Å². The average Bonchev–Trinajstić information content (AvgIpc) is 3.46. The molecule has 0 radical (unpaired) electrons. The number of aliphatic hydroxyl groups is 1. The summed E-state index contributed by atoms with van der Waals surface area (Å²) in [5.41, 5.74) is -0.657. The maximum absolute atomic E-state index is 14.4. The minimum absolute atomic E-state index is 0.190. The van der Waals surface area contributed by atoms with Gasteiger partial charge in [-0.25, -0.2) is 0 Å². The van der Waals surface area contributed by atoms with Crippen molar-refractivity contribution in [1.29, 1.82) is 0 Å². The normalized spacial score (nSPS) is 31.5. The van der Waals surface area contributed by atoms with E-state index in [4.69, 9.17) is 4.74 Å². The van der Waals surface area contributed by atoms with E-state index in [1.165, 1.54) is 4.90 Å². The van der Waals surface area contributed by atoms with E-state index >= 15 is 0 Å². The van der Waals surface area contributed by atoms with Crippen LogP contribution in [0.1, 0.15) is 19.8 Å². The van der Waals surface area contributed by atoms with Crippen molar-refractivity contribution in [1.82, 2.24) is 4.90 Å². The highest BCUT2D eigenvalue weighted by atomic mass is 79.9. The molecule has 2 N–H and O–H groups in total. The van der Waals surface area contributed by atoms with Gasteiger partial charge in [-0.1, -0.05) is 59.3 Å². The number of likely N-dealkylation sites (tertiary alicyclic amines) is 1. The number of alkyl halides is 1. The third-order valence-corrected chi connectivity index (χ3v) is 8.79. The molecule has 8 nitrogen and oxygen atoms in total. The Bertz CT molecular complexity index is 1230. The molecule has 2 aromatic carbocycles. The average molecular weight is 557 g/mol. The van der Waals surface area contributed by atoms with Gasteiger partial charge in [-0.05, 0) is 35.7 Å². The van der Waals surface area contributed by atoms with Crippen LogP contribution >= 0.6 is 15.9 Å². The fourth-order valence-corrected chi connectivity index (χ4v) is 7.32. The number of hydrogen-bond donors (Lipinski definition) is 2. The second-order valence-corrected chi connectivity index (χ2v) is 10.9. The van der Waals surface area contributed by atoms with Crippen LogP contribution in [0.2, 0.25) is 0 Å². The summed E-state index contributed by atoms with van der Waals surface area (Å²) in [5, 5.41) is 22.1. The lowest BCUT2D eigenvalue weighted by molar-refractivity contribution is -0.150. The SMILES string of the molecule is C=CCN(C(=O)C1N([C@@H](CC)CO)C(=O)[C@@H]2[C@@H](C(=O)O)[C@@H]3OC12CC3Br)c1ccc2ccccc2c1. The number of aliphatic carboxylic acids is 1. The van der Waals surface area contributed by atoms with Gasteiger partial charge in [0, 0.05) is 17.1 Å². The molecule has 2 aromatic rings. The molecule has 5 rings (SSSR count). The molecule has 3 aliphatic rings. The maximum Gasteiger partial charge on any atom is 0.310 e. The number of carboxylic acid groups (broad SMARTS) is 1. The molecule has 190 valence electrons. The van der Waals surface area contributed by atoms with Crippen LogP contribution in [0.4, 0.5) is 5.69 Å². The number of nitrogens with zero attached hydrogens (tertiary/aromatic N) is 2. The number of amides is 2. The fourth-order valence-electron chi connectivity index (χ4n) is 6.38. The molecule has 9 heteroatoms. The summed E-state index contributed by atoms with van der Waals surface area (Å²) in [5.74, 6) is -4.00. The molecule has 2 bridgehead atoms. The van der Waals surface area contributed by atoms with E-state index in [2.05, 4.69) is 22.5 Å². The van der Waals surface area contributed by atoms with Crippen molar-refractivity contribution in [2.45, 2.75) is 48.4 Å². The first-order valence-electron chi connectivity index (χ1n) is 12.2. The minimum Gasteiger partial charge on any atom is -0.481 e. The number of anilines is 1. The number of hydrogen-bond acceptors (Lipinski definition) is 5. The number of carboxylic acids is 1. The van der Waals surface area contributed by atoms with Crippen molar-refractivity contribution in [2.75, 3.05) is 18.1 Å². The largest absolute Gasteiger partial charge is 0.481 e. The van der Waals surface area contributed by atoms with Crippen LogP contribution in [0.15, 0.2) is 55.1 Å². The van der Waals surface area contributed by atoms with Crippen molar-refractivity contribution < 1.29 is 29.3 Å². The summed E-state index contributed by atoms with van der Waals surface area (Å²) in [6, 6.07) is 11.8. The van der Waals surface area contributed by atoms with E-state index in [0.717, 1.165) is 10.8 Å². The molecular formula is C27H29BrN2O6. The van der Waals surface area contributed by atoms with Crippen LogP contribution in [-0.2, 0) is 19.1 Å². The quantitative estimate of drug-likeness (QED) is 0.382. The molecular weight excluding hydrogens is 528 g/mol. The zero-order valence-electron chi connectivity index (χ0n) is 19.9. The van der Waals surface area contributed by atoms with Gasteiger partial charge in [-0.2, -0.15) is 0 Å². The number of carbonyl (C=O) groups excluding carboxylic acids is 2. The zero-order chi connectivity index (χ0) is 25.8. The zero-order valence-corrected chi connectivity index (χ0v) is 21.5. The summed E-state index contributed by atoms with van der Waals surface area (Å²) in [6.45, 7) is 5.50. The van der Waals surface area contributed by atoms with Crippen molar-refractivity contribution in [3.05, 3.63) is 55.1 Å². The number of ether oxygens (including phenoxy) is 1. The van der Waals surface area contributed by atoms with Gasteiger partial charge >= 0.3 is 5.97 Å². The van der Waals surface area contributed by atoms with Gasteiger partial charge in [-0.3, -0.25) is 14.4 Å². The Labute approximate surface area is 217 Å². The Morgan fingerprint density at radius 2 is 2.03 bits per heavy atom.